The van der Waals surface area contributed by atoms with Crippen LogP contribution >= 0.6 is 11.6 Å². The third-order valence-corrected chi connectivity index (χ3v) is 20.4. The fraction of sp³-hybridized carbons (Fsp3) is 0.532. The molecule has 1 unspecified atom stereocenters. The minimum absolute atomic E-state index is 0.0319. The number of ether oxygens (including phenoxy) is 2. The number of aromatic nitrogens is 5. The molecule has 4 atom stereocenters. The summed E-state index contributed by atoms with van der Waals surface area (Å²) in [5.74, 6) is -3.30. The number of carbonyl (C=O) groups is 2. The van der Waals surface area contributed by atoms with Crippen LogP contribution in [0.2, 0.25) is 5.02 Å². The molecule has 2 aliphatic carbocycles. The Kier molecular flexibility index (Phi) is 9.72. The van der Waals surface area contributed by atoms with E-state index in [1.807, 2.05) is 23.9 Å². The zero-order chi connectivity index (χ0) is 45.5. The van der Waals surface area contributed by atoms with E-state index in [-0.39, 0.29) is 68.9 Å². The molecule has 5 aliphatic heterocycles. The van der Waals surface area contributed by atoms with Gasteiger partial charge in [-0.3, -0.25) is 19.7 Å². The number of rotatable bonds is 8. The molecular formula is C47H51ClF2IN10O5-. The number of fused-ring (bicyclic) bond motifs is 5. The van der Waals surface area contributed by atoms with Gasteiger partial charge in [0.15, 0.2) is 6.61 Å². The number of halogens is 4. The topological polar surface area (TPSA) is 161 Å². The first-order chi connectivity index (χ1) is 31.6. The molecule has 2 aromatic carbocycles. The molecule has 348 valence electrons. The molecule has 66 heavy (non-hydrogen) atoms. The van der Waals surface area contributed by atoms with Gasteiger partial charge in [0.25, 0.3) is 5.56 Å². The summed E-state index contributed by atoms with van der Waals surface area (Å²) in [6.45, 7) is 5.15. The molecule has 6 fully saturated rings. The predicted octanol–water partition coefficient (Wildman–Crippen LogP) is 3.58. The summed E-state index contributed by atoms with van der Waals surface area (Å²) in [6.07, 6.45) is 9.34. The van der Waals surface area contributed by atoms with Crippen LogP contribution in [0.25, 0.3) is 21.8 Å². The number of piperidine rings is 2. The van der Waals surface area contributed by atoms with Crippen molar-refractivity contribution in [3.05, 3.63) is 63.7 Å². The molecule has 19 heteroatoms. The number of benzene rings is 2. The van der Waals surface area contributed by atoms with E-state index < -0.39 is 30.0 Å². The summed E-state index contributed by atoms with van der Waals surface area (Å²) in [5.41, 5.74) is 4.07. The Morgan fingerprint density at radius 1 is 0.970 bits per heavy atom. The van der Waals surface area contributed by atoms with Crippen molar-refractivity contribution in [2.24, 2.45) is 25.4 Å². The summed E-state index contributed by atoms with van der Waals surface area (Å²) in [4.78, 5) is 51.9. The second kappa shape index (κ2) is 15.1. The van der Waals surface area contributed by atoms with Crippen LogP contribution in [0.4, 0.5) is 37.6 Å². The molecular weight excluding hydrogens is 985 g/mol. The number of aryl methyl sites for hydroxylation is 2. The van der Waals surface area contributed by atoms with Gasteiger partial charge in [-0.05, 0) is 25.2 Å². The molecule has 3 N–H and O–H groups in total. The third-order valence-electron chi connectivity index (χ3n) is 15.3. The molecule has 2 amide bonds. The van der Waals surface area contributed by atoms with Gasteiger partial charge in [-0.2, -0.15) is 0 Å². The van der Waals surface area contributed by atoms with Crippen molar-refractivity contribution >= 4 is 74.0 Å². The van der Waals surface area contributed by atoms with Gasteiger partial charge in [0, 0.05) is 13.5 Å². The number of hydrogen-bond donors (Lipinski definition) is 3. The number of nitrogens with one attached hydrogen (secondary N) is 3. The molecule has 3 aromatic heterocycles. The van der Waals surface area contributed by atoms with Gasteiger partial charge in [0.2, 0.25) is 17.6 Å². The Morgan fingerprint density at radius 3 is 2.53 bits per heavy atom. The zero-order valence-electron chi connectivity index (χ0n) is 36.9. The summed E-state index contributed by atoms with van der Waals surface area (Å²) in [7, 11) is 3.52. The number of nitrogens with zero attached hydrogens (tertiary/aromatic N) is 7. The maximum absolute atomic E-state index is 15.2. The van der Waals surface area contributed by atoms with E-state index in [2.05, 4.69) is 55.9 Å². The monoisotopic (exact) mass is 1040 g/mol. The number of anilines is 5. The van der Waals surface area contributed by atoms with Crippen LogP contribution in [-0.4, -0.2) is 94.0 Å². The van der Waals surface area contributed by atoms with Crippen LogP contribution in [0, 0.1) is 11.3 Å². The van der Waals surface area contributed by atoms with E-state index in [0.29, 0.717) is 59.1 Å². The van der Waals surface area contributed by atoms with E-state index in [9.17, 15) is 14.4 Å². The average Bonchev–Trinajstić information content (AvgIpc) is 4.20. The van der Waals surface area contributed by atoms with Crippen LogP contribution in [0.5, 0.6) is 5.75 Å². The Balaban J connectivity index is 0.681. The molecule has 0 bridgehead atoms. The molecule has 0 radical (unpaired) electrons. The number of hydrogen-bond acceptors (Lipinski definition) is 12. The maximum atomic E-state index is 15.2. The molecule has 8 heterocycles. The average molecular weight is 1040 g/mol. The molecule has 15 nitrogen and oxygen atoms in total. The van der Waals surface area contributed by atoms with Crippen molar-refractivity contribution in [1.82, 2.24) is 29.6 Å². The summed E-state index contributed by atoms with van der Waals surface area (Å²) >= 11 is 6.56. The fourth-order valence-corrected chi connectivity index (χ4v) is 16.1. The van der Waals surface area contributed by atoms with Crippen LogP contribution in [-0.2, 0) is 28.4 Å². The van der Waals surface area contributed by atoms with E-state index in [4.69, 9.17) is 31.2 Å². The first-order valence-corrected chi connectivity index (χ1v) is 25.5. The second-order valence-corrected chi connectivity index (χ2v) is 24.9. The van der Waals surface area contributed by atoms with E-state index >= 15 is 8.78 Å². The number of imide groups is 1. The summed E-state index contributed by atoms with van der Waals surface area (Å²) < 4.78 is 46.6. The van der Waals surface area contributed by atoms with E-state index in [0.717, 1.165) is 80.6 Å². The van der Waals surface area contributed by atoms with Crippen LogP contribution < -0.4 is 57.3 Å². The fourth-order valence-electron chi connectivity index (χ4n) is 11.6. The van der Waals surface area contributed by atoms with Gasteiger partial charge in [0.1, 0.15) is 0 Å². The summed E-state index contributed by atoms with van der Waals surface area (Å²) in [6, 6.07) is 10.7. The standard InChI is InChI=1S/C47H51ClF2IN10O5/c1-44-21-45(14-15-47(44,51-44)66-28-12-16-60(17-13-28)27-7-8-29-34(19-27)59(3)57-36(29)30-9-11-35(62)54-41(30)63)22-61(23-45)43-52-20-32(48)40(56-43)53-26-6-10-33-31(18-26)37-38(42(64)58(33)2)65-24-46(49,50)39(55-37)25-4-5-25/h6-8,10,18-20,25,28,30,39,55H,4-5,9,11-17,21-24H2,1-3H3,(H,52,53,56)(H,54,62,63)/q-1/t30?,39-,44+,47+/m0/s1. The van der Waals surface area contributed by atoms with Gasteiger partial charge in [-0.1, -0.05) is 0 Å². The van der Waals surface area contributed by atoms with E-state index in [1.54, 1.807) is 19.3 Å². The third kappa shape index (κ3) is 7.00. The normalized spacial score (nSPS) is 28.1. The minimum atomic E-state index is -3.13. The van der Waals surface area contributed by atoms with Crippen molar-refractivity contribution in [3.63, 3.8) is 0 Å². The number of amides is 2. The Morgan fingerprint density at radius 2 is 1.77 bits per heavy atom. The van der Waals surface area contributed by atoms with Crippen LogP contribution in [0.15, 0.2) is 47.4 Å². The SMILES string of the molecule is Cn1nc(C2CCC(=O)NC2=O)c2ccc(N3CCC(O[C@]45CCC6(CN(c7ncc(Cl)c(Nc8ccc9c(c8)c8c(c(=O)n9C)OCC(F)(F)[C@H](C9CC9)N8)n7)C6)C[C@@]4(C)[I-]5)CC3)cc21. The quantitative estimate of drug-likeness (QED) is 0.118. The molecule has 7 aliphatic rings. The predicted molar refractivity (Wildman–Crippen MR) is 242 cm³/mol. The van der Waals surface area contributed by atoms with Gasteiger partial charge < -0.3 is 14.6 Å². The molecule has 2 saturated carbocycles. The van der Waals surface area contributed by atoms with Gasteiger partial charge >= 0.3 is 268 Å². The Labute approximate surface area is 394 Å². The first-order valence-electron chi connectivity index (χ1n) is 23.0. The van der Waals surface area contributed by atoms with Crippen molar-refractivity contribution < 1.29 is 49.0 Å². The van der Waals surface area contributed by atoms with Crippen LogP contribution in [0.3, 0.4) is 0 Å². The number of carbonyl (C=O) groups excluding carboxylic acids is 2. The van der Waals surface area contributed by atoms with E-state index in [1.165, 1.54) is 4.57 Å². The number of pyridine rings is 1. The van der Waals surface area contributed by atoms with Crippen LogP contribution in [0.1, 0.15) is 76.3 Å². The first kappa shape index (κ1) is 42.5. The molecule has 12 rings (SSSR count). The summed E-state index contributed by atoms with van der Waals surface area (Å²) in [5, 5.41) is 15.5. The van der Waals surface area contributed by atoms with Crippen molar-refractivity contribution in [3.8, 4) is 5.75 Å². The second-order valence-electron chi connectivity index (χ2n) is 19.9. The molecule has 4 saturated heterocycles. The number of alkyl halides is 4. The van der Waals surface area contributed by atoms with Crippen molar-refractivity contribution in [1.29, 1.82) is 0 Å². The molecule has 5 aromatic rings. The van der Waals surface area contributed by atoms with Gasteiger partial charge in [0.05, 0.1) is 17.2 Å². The molecule has 1 spiro atoms. The van der Waals surface area contributed by atoms with Crippen molar-refractivity contribution in [2.45, 2.75) is 95.7 Å². The van der Waals surface area contributed by atoms with Gasteiger partial charge in [-0.25, -0.2) is 8.78 Å². The van der Waals surface area contributed by atoms with Crippen molar-refractivity contribution in [2.75, 3.05) is 53.2 Å². The Bertz CT molecular complexity index is 2930. The van der Waals surface area contributed by atoms with Gasteiger partial charge in [-0.15, -0.1) is 0 Å². The Hall–Kier alpha value is -4.82. The zero-order valence-corrected chi connectivity index (χ0v) is 39.8.